The van der Waals surface area contributed by atoms with E-state index in [4.69, 9.17) is 23.1 Å². The minimum Gasteiger partial charge on any atom is -0.469 e. The van der Waals surface area contributed by atoms with Crippen molar-refractivity contribution >= 4 is 22.6 Å². The Hall–Kier alpha value is -0.296. The van der Waals surface area contributed by atoms with Gasteiger partial charge in [-0.3, -0.25) is 4.79 Å². The molecule has 0 aliphatic carbocycles. The molecule has 0 amide bonds. The van der Waals surface area contributed by atoms with E-state index < -0.39 is 16.6 Å². The lowest BCUT2D eigenvalue weighted by atomic mass is 9.90. The van der Waals surface area contributed by atoms with Crippen LogP contribution in [0.1, 0.15) is 60.8 Å². The van der Waals surface area contributed by atoms with Gasteiger partial charge >= 0.3 is 5.97 Å². The Balaban J connectivity index is 3.16. The molecule has 0 bridgehead atoms. The van der Waals surface area contributed by atoms with Crippen molar-refractivity contribution in [3.05, 3.63) is 0 Å². The van der Waals surface area contributed by atoms with Gasteiger partial charge in [0, 0.05) is 26.1 Å². The Labute approximate surface area is 210 Å². The highest BCUT2D eigenvalue weighted by molar-refractivity contribution is 6.74. The molecule has 34 heavy (non-hydrogen) atoms. The molecule has 1 heterocycles. The monoisotopic (exact) mass is 520 g/mol. The van der Waals surface area contributed by atoms with Crippen molar-refractivity contribution in [1.29, 1.82) is 0 Å². The summed E-state index contributed by atoms with van der Waals surface area (Å²) in [5.41, 5.74) is 0. The minimum absolute atomic E-state index is 0.0100. The molecule has 0 saturated carbocycles. The number of aliphatic hydroxyl groups excluding tert-OH is 1. The van der Waals surface area contributed by atoms with Gasteiger partial charge in [0.1, 0.15) is 0 Å². The van der Waals surface area contributed by atoms with Crippen LogP contribution < -0.4 is 0 Å². The third-order valence-electron chi connectivity index (χ3n) is 8.13. The SMILES string of the molecule is COC(=O)CC1C(CCO)O[C@H](CC(CO[Si](C)(C)C(C)(C)C)O[Si](C)(C)C(C)(C)C)[C@@H]1OC. The van der Waals surface area contributed by atoms with E-state index in [1.165, 1.54) is 7.11 Å². The van der Waals surface area contributed by atoms with Crippen molar-refractivity contribution < 1.29 is 33.0 Å². The van der Waals surface area contributed by atoms with Gasteiger partial charge in [-0.05, 0) is 42.7 Å². The largest absolute Gasteiger partial charge is 0.469 e. The quantitative estimate of drug-likeness (QED) is 0.282. The molecular weight excluding hydrogens is 468 g/mol. The molecule has 202 valence electrons. The molecule has 5 atom stereocenters. The van der Waals surface area contributed by atoms with Gasteiger partial charge < -0.3 is 28.2 Å². The fourth-order valence-corrected chi connectivity index (χ4v) is 6.25. The van der Waals surface area contributed by atoms with Crippen LogP contribution in [0.5, 0.6) is 0 Å². The molecule has 1 saturated heterocycles. The van der Waals surface area contributed by atoms with E-state index in [1.54, 1.807) is 7.11 Å². The van der Waals surface area contributed by atoms with Gasteiger partial charge in [-0.15, -0.1) is 0 Å². The van der Waals surface area contributed by atoms with E-state index in [0.717, 1.165) is 0 Å². The highest BCUT2D eigenvalue weighted by atomic mass is 28.4. The van der Waals surface area contributed by atoms with Crippen molar-refractivity contribution in [2.24, 2.45) is 5.92 Å². The molecule has 0 aromatic carbocycles. The van der Waals surface area contributed by atoms with E-state index in [9.17, 15) is 9.90 Å². The zero-order valence-corrected chi connectivity index (χ0v) is 25.8. The first-order valence-corrected chi connectivity index (χ1v) is 18.4. The van der Waals surface area contributed by atoms with Crippen LogP contribution in [0.3, 0.4) is 0 Å². The van der Waals surface area contributed by atoms with Gasteiger partial charge in [0.05, 0.1) is 44.6 Å². The molecule has 7 nitrogen and oxygen atoms in total. The van der Waals surface area contributed by atoms with Gasteiger partial charge in [-0.25, -0.2) is 0 Å². The Kier molecular flexibility index (Phi) is 11.5. The number of ether oxygens (including phenoxy) is 3. The Morgan fingerprint density at radius 3 is 1.97 bits per heavy atom. The molecular formula is C25H52O7Si2. The van der Waals surface area contributed by atoms with E-state index in [0.29, 0.717) is 19.4 Å². The van der Waals surface area contributed by atoms with Crippen LogP contribution in [0.4, 0.5) is 0 Å². The fourth-order valence-electron chi connectivity index (χ4n) is 3.86. The molecule has 0 aromatic heterocycles. The average Bonchev–Trinajstić information content (AvgIpc) is 3.00. The lowest BCUT2D eigenvalue weighted by Crippen LogP contribution is -2.49. The smallest absolute Gasteiger partial charge is 0.305 e. The van der Waals surface area contributed by atoms with Crippen molar-refractivity contribution in [3.8, 4) is 0 Å². The van der Waals surface area contributed by atoms with E-state index >= 15 is 0 Å². The van der Waals surface area contributed by atoms with Gasteiger partial charge in [-0.2, -0.15) is 0 Å². The number of hydrogen-bond donors (Lipinski definition) is 1. The highest BCUT2D eigenvalue weighted by Crippen LogP contribution is 2.41. The van der Waals surface area contributed by atoms with Crippen LogP contribution in [-0.4, -0.2) is 79.6 Å². The maximum Gasteiger partial charge on any atom is 0.305 e. The maximum absolute atomic E-state index is 12.1. The van der Waals surface area contributed by atoms with Crippen molar-refractivity contribution in [2.75, 3.05) is 27.4 Å². The average molecular weight is 521 g/mol. The van der Waals surface area contributed by atoms with E-state index in [1.807, 2.05) is 0 Å². The predicted molar refractivity (Wildman–Crippen MR) is 141 cm³/mol. The normalized spacial score (nSPS) is 25.4. The first-order chi connectivity index (χ1) is 15.4. The molecule has 9 heteroatoms. The summed E-state index contributed by atoms with van der Waals surface area (Å²) >= 11 is 0. The standard InChI is InChI=1S/C25H52O7Si2/c1-24(2,3)33(9,10)30-17-18(32-34(11,12)25(4,5)6)15-21-23(29-8)19(16-22(27)28-7)20(31-21)13-14-26/h18-21,23,26H,13-17H2,1-12H3/t18?,19?,20?,21-,23-/m1/s1. The second-order valence-electron chi connectivity index (χ2n) is 12.7. The number of esters is 1. The number of carbonyl (C=O) groups is 1. The number of carbonyl (C=O) groups excluding carboxylic acids is 1. The van der Waals surface area contributed by atoms with Gasteiger partial charge in [0.2, 0.25) is 0 Å². The summed E-state index contributed by atoms with van der Waals surface area (Å²) in [5, 5.41) is 9.75. The van der Waals surface area contributed by atoms with Crippen molar-refractivity contribution in [3.63, 3.8) is 0 Å². The summed E-state index contributed by atoms with van der Waals surface area (Å²) in [7, 11) is -0.994. The molecule has 1 rings (SSSR count). The van der Waals surface area contributed by atoms with Gasteiger partial charge in [0.15, 0.2) is 16.6 Å². The first-order valence-electron chi connectivity index (χ1n) is 12.6. The summed E-state index contributed by atoms with van der Waals surface area (Å²) in [4.78, 5) is 12.1. The van der Waals surface area contributed by atoms with Crippen LogP contribution in [0.2, 0.25) is 36.3 Å². The summed E-state index contributed by atoms with van der Waals surface area (Å²) in [6, 6.07) is 0. The summed E-state index contributed by atoms with van der Waals surface area (Å²) < 4.78 is 30.6. The van der Waals surface area contributed by atoms with Crippen molar-refractivity contribution in [2.45, 2.75) is 121 Å². The minimum atomic E-state index is -2.07. The second kappa shape index (κ2) is 12.3. The molecule has 3 unspecified atom stereocenters. The fraction of sp³-hybridized carbons (Fsp3) is 0.960. The van der Waals surface area contributed by atoms with Crippen LogP contribution >= 0.6 is 0 Å². The first kappa shape index (κ1) is 31.7. The topological polar surface area (TPSA) is 83.5 Å². The lowest BCUT2D eigenvalue weighted by Gasteiger charge is -2.42. The summed E-state index contributed by atoms with van der Waals surface area (Å²) in [5.74, 6) is -0.473. The molecule has 0 radical (unpaired) electrons. The van der Waals surface area contributed by atoms with Crippen LogP contribution in [0.15, 0.2) is 0 Å². The molecule has 0 spiro atoms. The van der Waals surface area contributed by atoms with Gasteiger partial charge in [-0.1, -0.05) is 41.5 Å². The number of hydrogen-bond acceptors (Lipinski definition) is 7. The molecule has 1 N–H and O–H groups in total. The van der Waals surface area contributed by atoms with Crippen LogP contribution in [0.25, 0.3) is 0 Å². The third-order valence-corrected chi connectivity index (χ3v) is 17.2. The molecule has 0 aromatic rings. The number of methoxy groups -OCH3 is 2. The second-order valence-corrected chi connectivity index (χ2v) is 22.2. The van der Waals surface area contributed by atoms with E-state index in [-0.39, 0.29) is 59.4 Å². The highest BCUT2D eigenvalue weighted by Gasteiger charge is 2.48. The maximum atomic E-state index is 12.1. The predicted octanol–water partition coefficient (Wildman–Crippen LogP) is 5.13. The van der Waals surface area contributed by atoms with Crippen LogP contribution in [0, 0.1) is 5.92 Å². The Morgan fingerprint density at radius 2 is 1.53 bits per heavy atom. The molecule has 1 aliphatic rings. The summed E-state index contributed by atoms with van der Waals surface area (Å²) in [6.07, 6.45) is 0.303. The van der Waals surface area contributed by atoms with Gasteiger partial charge in [0.25, 0.3) is 0 Å². The number of rotatable bonds is 12. The van der Waals surface area contributed by atoms with Crippen LogP contribution in [-0.2, 0) is 27.9 Å². The zero-order valence-electron chi connectivity index (χ0n) is 23.8. The lowest BCUT2D eigenvalue weighted by molar-refractivity contribution is -0.143. The zero-order chi connectivity index (χ0) is 26.5. The molecule has 1 aliphatic heterocycles. The van der Waals surface area contributed by atoms with E-state index in [2.05, 4.69) is 67.7 Å². The van der Waals surface area contributed by atoms with Crippen molar-refractivity contribution in [1.82, 2.24) is 0 Å². The summed E-state index contributed by atoms with van der Waals surface area (Å²) in [6.45, 7) is 22.9. The third kappa shape index (κ3) is 8.38. The Bertz CT molecular complexity index is 640. The molecule has 1 fully saturated rings. The number of aliphatic hydroxyl groups is 1. The Morgan fingerprint density at radius 1 is 0.971 bits per heavy atom.